The molecule has 32 heavy (non-hydrogen) atoms. The molecule has 2 amide bonds. The number of amides is 2. The highest BCUT2D eigenvalue weighted by Crippen LogP contribution is 2.08. The summed E-state index contributed by atoms with van der Waals surface area (Å²) < 4.78 is 5.37. The minimum Gasteiger partial charge on any atom is -0.379 e. The summed E-state index contributed by atoms with van der Waals surface area (Å²) in [6.07, 6.45) is 10.9. The van der Waals surface area contributed by atoms with Gasteiger partial charge in [-0.3, -0.25) is 20.3 Å². The lowest BCUT2D eigenvalue weighted by molar-refractivity contribution is 0.0365. The number of hydrazine groups is 1. The van der Waals surface area contributed by atoms with Crippen molar-refractivity contribution in [2.24, 2.45) is 16.6 Å². The molecule has 0 aliphatic carbocycles. The Morgan fingerprint density at radius 2 is 1.72 bits per heavy atom. The SMILES string of the molecule is NNC(=O)N(CCCCCCCCN=C(N)Nc1ccncc1)CCCN1CCOCC1. The van der Waals surface area contributed by atoms with Crippen LogP contribution in [0.15, 0.2) is 29.5 Å². The van der Waals surface area contributed by atoms with Gasteiger partial charge in [0.2, 0.25) is 0 Å². The summed E-state index contributed by atoms with van der Waals surface area (Å²) in [7, 11) is 0. The standard InChI is InChI=1S/C22H40N8O2/c23-21(27-20-8-11-25-12-9-20)26-10-5-3-1-2-4-6-14-30(22(31)28-24)15-7-13-29-16-18-32-19-17-29/h8-9,11-12H,1-7,10,13-19,24H2,(H,28,31)(H3,23,25,26,27). The number of aromatic nitrogens is 1. The maximum absolute atomic E-state index is 12.0. The first kappa shape index (κ1) is 25.8. The van der Waals surface area contributed by atoms with Gasteiger partial charge < -0.3 is 20.7 Å². The van der Waals surface area contributed by atoms with E-state index >= 15 is 0 Å². The Bertz CT molecular complexity index is 653. The molecule has 1 aromatic heterocycles. The number of nitrogens with two attached hydrogens (primary N) is 2. The molecule has 0 unspecified atom stereocenters. The normalized spacial score (nSPS) is 14.8. The summed E-state index contributed by atoms with van der Waals surface area (Å²) in [6.45, 7) is 6.73. The first-order chi connectivity index (χ1) is 15.7. The van der Waals surface area contributed by atoms with Crippen LogP contribution in [-0.4, -0.2) is 79.3 Å². The van der Waals surface area contributed by atoms with E-state index in [2.05, 4.69) is 25.6 Å². The number of urea groups is 1. The first-order valence-electron chi connectivity index (χ1n) is 11.7. The summed E-state index contributed by atoms with van der Waals surface area (Å²) >= 11 is 0. The average Bonchev–Trinajstić information content (AvgIpc) is 2.82. The van der Waals surface area contributed by atoms with Crippen molar-refractivity contribution >= 4 is 17.7 Å². The Morgan fingerprint density at radius 3 is 2.44 bits per heavy atom. The molecule has 2 heterocycles. The van der Waals surface area contributed by atoms with E-state index in [1.165, 1.54) is 0 Å². The van der Waals surface area contributed by atoms with Gasteiger partial charge in [-0.2, -0.15) is 0 Å². The average molecular weight is 449 g/mol. The Hall–Kier alpha value is -2.43. The number of nitrogens with zero attached hydrogens (tertiary/aromatic N) is 4. The fraction of sp³-hybridized carbons (Fsp3) is 0.682. The zero-order chi connectivity index (χ0) is 22.9. The van der Waals surface area contributed by atoms with E-state index in [4.69, 9.17) is 16.3 Å². The van der Waals surface area contributed by atoms with Crippen molar-refractivity contribution in [2.75, 3.05) is 57.8 Å². The molecule has 0 atom stereocenters. The molecule has 180 valence electrons. The van der Waals surface area contributed by atoms with Gasteiger partial charge >= 0.3 is 6.03 Å². The summed E-state index contributed by atoms with van der Waals surface area (Å²) in [5.74, 6) is 5.79. The minimum absolute atomic E-state index is 0.192. The van der Waals surface area contributed by atoms with Gasteiger partial charge in [0.25, 0.3) is 0 Å². The van der Waals surface area contributed by atoms with E-state index in [1.807, 2.05) is 17.0 Å². The number of aliphatic imine (C=N–C) groups is 1. The number of nitrogens with one attached hydrogen (secondary N) is 2. The molecule has 0 bridgehead atoms. The second-order valence-corrected chi connectivity index (χ2v) is 7.99. The molecule has 0 radical (unpaired) electrons. The molecule has 1 saturated heterocycles. The third-order valence-electron chi connectivity index (χ3n) is 5.49. The maximum atomic E-state index is 12.0. The highest BCUT2D eigenvalue weighted by Gasteiger charge is 2.14. The van der Waals surface area contributed by atoms with Crippen LogP contribution < -0.4 is 22.3 Å². The molecule has 1 fully saturated rings. The highest BCUT2D eigenvalue weighted by molar-refractivity contribution is 5.92. The van der Waals surface area contributed by atoms with Gasteiger partial charge in [0, 0.05) is 57.3 Å². The van der Waals surface area contributed by atoms with Crippen molar-refractivity contribution in [2.45, 2.75) is 44.9 Å². The number of unbranched alkanes of at least 4 members (excludes halogenated alkanes) is 5. The van der Waals surface area contributed by atoms with Crippen LogP contribution in [-0.2, 0) is 4.74 Å². The van der Waals surface area contributed by atoms with Gasteiger partial charge in [-0.1, -0.05) is 25.7 Å². The summed E-state index contributed by atoms with van der Waals surface area (Å²) in [6, 6.07) is 3.51. The zero-order valence-corrected chi connectivity index (χ0v) is 19.2. The fourth-order valence-corrected chi connectivity index (χ4v) is 3.66. The molecule has 0 aromatic carbocycles. The summed E-state index contributed by atoms with van der Waals surface area (Å²) in [5.41, 5.74) is 9.06. The van der Waals surface area contributed by atoms with E-state index in [9.17, 15) is 4.79 Å². The fourth-order valence-electron chi connectivity index (χ4n) is 3.66. The minimum atomic E-state index is -0.192. The van der Waals surface area contributed by atoms with E-state index in [0.717, 1.165) is 103 Å². The lowest BCUT2D eigenvalue weighted by Crippen LogP contribution is -2.45. The Morgan fingerprint density at radius 1 is 1.06 bits per heavy atom. The van der Waals surface area contributed by atoms with E-state index < -0.39 is 0 Å². The van der Waals surface area contributed by atoms with Gasteiger partial charge in [-0.15, -0.1) is 0 Å². The molecular formula is C22H40N8O2. The van der Waals surface area contributed by atoms with Gasteiger partial charge in [0.15, 0.2) is 5.96 Å². The Labute approximate surface area is 191 Å². The zero-order valence-electron chi connectivity index (χ0n) is 19.2. The number of hydrogen-bond donors (Lipinski definition) is 4. The smallest absolute Gasteiger partial charge is 0.331 e. The summed E-state index contributed by atoms with van der Waals surface area (Å²) in [4.78, 5) is 24.6. The Kier molecular flexibility index (Phi) is 13.1. The molecule has 0 spiro atoms. The third kappa shape index (κ3) is 11.3. The molecule has 1 aromatic rings. The van der Waals surface area contributed by atoms with Crippen molar-refractivity contribution in [1.82, 2.24) is 20.2 Å². The van der Waals surface area contributed by atoms with Crippen molar-refractivity contribution in [3.63, 3.8) is 0 Å². The Balaban J connectivity index is 1.49. The van der Waals surface area contributed by atoms with E-state index in [0.29, 0.717) is 5.96 Å². The van der Waals surface area contributed by atoms with Crippen molar-refractivity contribution < 1.29 is 9.53 Å². The first-order valence-corrected chi connectivity index (χ1v) is 11.7. The quantitative estimate of drug-likeness (QED) is 0.0850. The molecule has 2 rings (SSSR count). The van der Waals surface area contributed by atoms with E-state index in [-0.39, 0.29) is 6.03 Å². The number of anilines is 1. The third-order valence-corrected chi connectivity index (χ3v) is 5.49. The van der Waals surface area contributed by atoms with Gasteiger partial charge in [0.1, 0.15) is 0 Å². The second kappa shape index (κ2) is 16.2. The predicted octanol–water partition coefficient (Wildman–Crippen LogP) is 1.76. The van der Waals surface area contributed by atoms with Crippen LogP contribution in [0.5, 0.6) is 0 Å². The van der Waals surface area contributed by atoms with Crippen molar-refractivity contribution in [3.8, 4) is 0 Å². The number of pyridine rings is 1. The van der Waals surface area contributed by atoms with Crippen LogP contribution in [0, 0.1) is 0 Å². The van der Waals surface area contributed by atoms with Crippen molar-refractivity contribution in [3.05, 3.63) is 24.5 Å². The maximum Gasteiger partial charge on any atom is 0.331 e. The highest BCUT2D eigenvalue weighted by atomic mass is 16.5. The second-order valence-electron chi connectivity index (χ2n) is 7.99. The number of hydrogen-bond acceptors (Lipinski definition) is 6. The van der Waals surface area contributed by atoms with Gasteiger partial charge in [0.05, 0.1) is 13.2 Å². The number of morpholine rings is 1. The number of carbonyl (C=O) groups excluding carboxylic acids is 1. The number of ether oxygens (including phenoxy) is 1. The molecule has 1 aliphatic rings. The van der Waals surface area contributed by atoms with Crippen molar-refractivity contribution in [1.29, 1.82) is 0 Å². The summed E-state index contributed by atoms with van der Waals surface area (Å²) in [5, 5.41) is 3.05. The largest absolute Gasteiger partial charge is 0.379 e. The number of guanidine groups is 1. The van der Waals surface area contributed by atoms with Crippen LogP contribution in [0.2, 0.25) is 0 Å². The lowest BCUT2D eigenvalue weighted by Gasteiger charge is -2.28. The molecule has 0 saturated carbocycles. The van der Waals surface area contributed by atoms with Crippen LogP contribution in [0.25, 0.3) is 0 Å². The number of rotatable bonds is 14. The molecule has 10 nitrogen and oxygen atoms in total. The van der Waals surface area contributed by atoms with Crippen LogP contribution >= 0.6 is 0 Å². The van der Waals surface area contributed by atoms with Gasteiger partial charge in [-0.25, -0.2) is 10.6 Å². The molecule has 10 heteroatoms. The van der Waals surface area contributed by atoms with Crippen LogP contribution in [0.3, 0.4) is 0 Å². The van der Waals surface area contributed by atoms with E-state index in [1.54, 1.807) is 12.4 Å². The molecule has 1 aliphatic heterocycles. The number of carbonyl (C=O) groups is 1. The van der Waals surface area contributed by atoms with Crippen LogP contribution in [0.4, 0.5) is 10.5 Å². The molecular weight excluding hydrogens is 408 g/mol. The predicted molar refractivity (Wildman–Crippen MR) is 128 cm³/mol. The topological polar surface area (TPSA) is 134 Å². The van der Waals surface area contributed by atoms with Gasteiger partial charge in [-0.05, 0) is 31.4 Å². The monoisotopic (exact) mass is 448 g/mol. The lowest BCUT2D eigenvalue weighted by atomic mass is 10.1. The molecule has 6 N–H and O–H groups in total. The van der Waals surface area contributed by atoms with Crippen LogP contribution in [0.1, 0.15) is 44.9 Å².